The highest BCUT2D eigenvalue weighted by Crippen LogP contribution is 2.44. The summed E-state index contributed by atoms with van der Waals surface area (Å²) in [4.78, 5) is 11.8. The van der Waals surface area contributed by atoms with E-state index in [0.29, 0.717) is 29.1 Å². The maximum Gasteiger partial charge on any atom is 0.327 e. The molecule has 84 valence electrons. The van der Waals surface area contributed by atoms with Crippen molar-refractivity contribution in [2.45, 2.75) is 23.7 Å². The first kappa shape index (κ1) is 10.2. The van der Waals surface area contributed by atoms with Crippen LogP contribution in [0.25, 0.3) is 11.2 Å². The summed E-state index contributed by atoms with van der Waals surface area (Å²) in [7, 11) is 0. The van der Waals surface area contributed by atoms with Crippen LogP contribution < -0.4 is 4.74 Å². The SMILES string of the molecule is CC(C)(I)C(=O)Oc1c2oc3c(coc13)C2. The number of halogens is 1. The van der Waals surface area contributed by atoms with Gasteiger partial charge in [0.25, 0.3) is 0 Å². The molecule has 3 heterocycles. The molecule has 0 N–H and O–H groups in total. The van der Waals surface area contributed by atoms with Crippen molar-refractivity contribution in [1.29, 1.82) is 0 Å². The standard InChI is InChI=1S/C11H9IO4/c1-11(2,12)10(13)16-8-6-3-5-4-14-9(8)7(5)15-6/h4H,3H2,1-2H3. The number of hydrogen-bond acceptors (Lipinski definition) is 4. The van der Waals surface area contributed by atoms with Crippen LogP contribution in [0.3, 0.4) is 0 Å². The molecule has 0 fully saturated rings. The number of furan rings is 2. The normalized spacial score (nSPS) is 13.9. The number of fused-ring (bicyclic) bond motifs is 1. The minimum absolute atomic E-state index is 0.295. The summed E-state index contributed by atoms with van der Waals surface area (Å²) >= 11 is 2.04. The molecule has 0 unspecified atom stereocenters. The lowest BCUT2D eigenvalue weighted by Gasteiger charge is -2.14. The molecule has 0 atom stereocenters. The second kappa shape index (κ2) is 3.03. The monoisotopic (exact) mass is 332 g/mol. The molecular weight excluding hydrogens is 323 g/mol. The molecule has 3 rings (SSSR count). The van der Waals surface area contributed by atoms with Gasteiger partial charge in [-0.05, 0) is 13.8 Å². The van der Waals surface area contributed by atoms with Crippen LogP contribution in [0.5, 0.6) is 5.75 Å². The Bertz CT molecular complexity index is 585. The Morgan fingerprint density at radius 3 is 2.94 bits per heavy atom. The fraction of sp³-hybridized carbons (Fsp3) is 0.364. The van der Waals surface area contributed by atoms with E-state index >= 15 is 0 Å². The van der Waals surface area contributed by atoms with Crippen molar-refractivity contribution in [3.63, 3.8) is 0 Å². The third-order valence-corrected chi connectivity index (χ3v) is 2.97. The van der Waals surface area contributed by atoms with Crippen molar-refractivity contribution in [3.8, 4) is 5.75 Å². The van der Waals surface area contributed by atoms with E-state index in [1.807, 2.05) is 22.6 Å². The number of ether oxygens (including phenoxy) is 1. The molecule has 2 bridgehead atoms. The Labute approximate surface area is 105 Å². The largest absolute Gasteiger partial charge is 0.456 e. The van der Waals surface area contributed by atoms with Gasteiger partial charge in [0.2, 0.25) is 11.3 Å². The smallest absolute Gasteiger partial charge is 0.327 e. The van der Waals surface area contributed by atoms with E-state index in [4.69, 9.17) is 13.6 Å². The first-order chi connectivity index (χ1) is 7.47. The summed E-state index contributed by atoms with van der Waals surface area (Å²) in [5.41, 5.74) is 2.29. The topological polar surface area (TPSA) is 52.6 Å². The van der Waals surface area contributed by atoms with Crippen LogP contribution in [-0.4, -0.2) is 9.39 Å². The highest BCUT2D eigenvalue weighted by atomic mass is 127. The molecule has 0 spiro atoms. The van der Waals surface area contributed by atoms with Gasteiger partial charge in [0.15, 0.2) is 11.3 Å². The molecule has 16 heavy (non-hydrogen) atoms. The van der Waals surface area contributed by atoms with E-state index < -0.39 is 3.42 Å². The van der Waals surface area contributed by atoms with Gasteiger partial charge >= 0.3 is 5.97 Å². The summed E-state index contributed by atoms with van der Waals surface area (Å²) in [6, 6.07) is 0. The van der Waals surface area contributed by atoms with Crippen molar-refractivity contribution in [2.75, 3.05) is 0 Å². The van der Waals surface area contributed by atoms with Gasteiger partial charge in [0.1, 0.15) is 3.42 Å². The molecule has 0 saturated carbocycles. The zero-order chi connectivity index (χ0) is 11.5. The van der Waals surface area contributed by atoms with Gasteiger partial charge in [-0.2, -0.15) is 0 Å². The maximum absolute atomic E-state index is 11.8. The summed E-state index contributed by atoms with van der Waals surface area (Å²) in [5.74, 6) is 0.835. The molecule has 0 aromatic carbocycles. The highest BCUT2D eigenvalue weighted by Gasteiger charge is 2.34. The average molecular weight is 332 g/mol. The molecule has 0 radical (unpaired) electrons. The van der Waals surface area contributed by atoms with Gasteiger partial charge < -0.3 is 13.6 Å². The summed E-state index contributed by atoms with van der Waals surface area (Å²) < 4.78 is 15.6. The van der Waals surface area contributed by atoms with E-state index in [0.717, 1.165) is 5.56 Å². The van der Waals surface area contributed by atoms with Gasteiger partial charge in [-0.15, -0.1) is 0 Å². The van der Waals surface area contributed by atoms with Crippen molar-refractivity contribution in [1.82, 2.24) is 0 Å². The fourth-order valence-electron chi connectivity index (χ4n) is 1.68. The molecule has 2 aromatic rings. The number of hydrogen-bond donors (Lipinski definition) is 0. The minimum atomic E-state index is -0.562. The minimum Gasteiger partial charge on any atom is -0.456 e. The van der Waals surface area contributed by atoms with Crippen LogP contribution in [0, 0.1) is 0 Å². The first-order valence-electron chi connectivity index (χ1n) is 4.90. The molecule has 0 amide bonds. The first-order valence-corrected chi connectivity index (χ1v) is 5.97. The average Bonchev–Trinajstić information content (AvgIpc) is 2.74. The van der Waals surface area contributed by atoms with Crippen LogP contribution in [0.4, 0.5) is 0 Å². The maximum atomic E-state index is 11.8. The Hall–Kier alpha value is -0.980. The highest BCUT2D eigenvalue weighted by molar-refractivity contribution is 14.1. The third-order valence-electron chi connectivity index (χ3n) is 2.53. The van der Waals surface area contributed by atoms with Crippen molar-refractivity contribution in [2.24, 2.45) is 0 Å². The molecule has 0 aliphatic carbocycles. The van der Waals surface area contributed by atoms with Gasteiger partial charge in [-0.1, -0.05) is 22.6 Å². The summed E-state index contributed by atoms with van der Waals surface area (Å²) in [5, 5.41) is 0. The third kappa shape index (κ3) is 1.30. The van der Waals surface area contributed by atoms with Crippen molar-refractivity contribution >= 4 is 39.7 Å². The van der Waals surface area contributed by atoms with E-state index in [1.54, 1.807) is 20.1 Å². The fourth-order valence-corrected chi connectivity index (χ4v) is 1.79. The molecule has 5 heteroatoms. The predicted octanol–water partition coefficient (Wildman–Crippen LogP) is 3.05. The van der Waals surface area contributed by atoms with Crippen molar-refractivity contribution in [3.05, 3.63) is 17.6 Å². The Morgan fingerprint density at radius 1 is 1.50 bits per heavy atom. The number of carbonyl (C=O) groups excluding carboxylic acids is 1. The Balaban J connectivity index is 2.00. The van der Waals surface area contributed by atoms with E-state index in [-0.39, 0.29) is 5.97 Å². The molecule has 2 aromatic heterocycles. The lowest BCUT2D eigenvalue weighted by atomic mass is 10.1. The van der Waals surface area contributed by atoms with Gasteiger partial charge in [-0.3, -0.25) is 4.79 Å². The van der Waals surface area contributed by atoms with Gasteiger partial charge in [-0.25, -0.2) is 0 Å². The predicted molar refractivity (Wildman–Crippen MR) is 65.0 cm³/mol. The van der Waals surface area contributed by atoms with Gasteiger partial charge in [0, 0.05) is 12.0 Å². The zero-order valence-electron chi connectivity index (χ0n) is 8.80. The van der Waals surface area contributed by atoms with Crippen LogP contribution in [-0.2, 0) is 11.2 Å². The second-order valence-electron chi connectivity index (χ2n) is 4.31. The van der Waals surface area contributed by atoms with Crippen LogP contribution >= 0.6 is 22.6 Å². The lowest BCUT2D eigenvalue weighted by Crippen LogP contribution is -2.29. The molecular formula is C11H9IO4. The van der Waals surface area contributed by atoms with E-state index in [2.05, 4.69) is 0 Å². The van der Waals surface area contributed by atoms with Crippen LogP contribution in [0.2, 0.25) is 0 Å². The summed E-state index contributed by atoms with van der Waals surface area (Å²) in [6.07, 6.45) is 2.30. The molecule has 0 saturated heterocycles. The van der Waals surface area contributed by atoms with Crippen molar-refractivity contribution < 1.29 is 18.4 Å². The van der Waals surface area contributed by atoms with Crippen LogP contribution in [0.15, 0.2) is 15.1 Å². The lowest BCUT2D eigenvalue weighted by molar-refractivity contribution is -0.135. The molecule has 4 nitrogen and oxygen atoms in total. The van der Waals surface area contributed by atoms with E-state index in [1.165, 1.54) is 0 Å². The van der Waals surface area contributed by atoms with Crippen LogP contribution in [0.1, 0.15) is 25.2 Å². The number of carbonyl (C=O) groups is 1. The second-order valence-corrected chi connectivity index (χ2v) is 7.01. The zero-order valence-corrected chi connectivity index (χ0v) is 11.0. The molecule has 1 aliphatic heterocycles. The Morgan fingerprint density at radius 2 is 2.25 bits per heavy atom. The van der Waals surface area contributed by atoms with Gasteiger partial charge in [0.05, 0.1) is 6.26 Å². The van der Waals surface area contributed by atoms with E-state index in [9.17, 15) is 4.79 Å². The number of rotatable bonds is 2. The molecule has 1 aliphatic rings. The summed E-state index contributed by atoms with van der Waals surface area (Å²) in [6.45, 7) is 3.60. The number of alkyl halides is 1. The Kier molecular flexibility index (Phi) is 1.93. The quantitative estimate of drug-likeness (QED) is 0.411. The number of esters is 1.